The molecule has 172 valence electrons. The van der Waals surface area contributed by atoms with E-state index in [0.717, 1.165) is 42.1 Å². The van der Waals surface area contributed by atoms with Crippen LogP contribution in [0.2, 0.25) is 5.02 Å². The van der Waals surface area contributed by atoms with Crippen LogP contribution in [0.4, 0.5) is 0 Å². The van der Waals surface area contributed by atoms with Crippen molar-refractivity contribution in [2.75, 3.05) is 26.7 Å². The summed E-state index contributed by atoms with van der Waals surface area (Å²) in [6, 6.07) is 12.2. The largest absolute Gasteiger partial charge is 0.489 e. The quantitative estimate of drug-likeness (QED) is 0.473. The smallest absolute Gasteiger partial charge is 0.304 e. The van der Waals surface area contributed by atoms with Gasteiger partial charge in [-0.05, 0) is 61.2 Å². The number of hydrogen-bond acceptors (Lipinski definition) is 4. The average Bonchev–Trinajstić information content (AvgIpc) is 3.20. The van der Waals surface area contributed by atoms with Gasteiger partial charge in [0.1, 0.15) is 12.4 Å². The Balaban J connectivity index is 0.00000176. The molecule has 0 saturated carbocycles. The summed E-state index contributed by atoms with van der Waals surface area (Å²) in [6.45, 7) is 4.42. The van der Waals surface area contributed by atoms with Gasteiger partial charge in [0.05, 0.1) is 19.1 Å². The third kappa shape index (κ3) is 7.27. The summed E-state index contributed by atoms with van der Waals surface area (Å²) in [5.74, 6) is 0.0794. The second kappa shape index (κ2) is 13.1. The molecule has 0 radical (unpaired) electrons. The highest BCUT2D eigenvalue weighted by Gasteiger charge is 2.23. The van der Waals surface area contributed by atoms with E-state index in [-0.39, 0.29) is 12.5 Å². The lowest BCUT2D eigenvalue weighted by molar-refractivity contribution is -0.137. The molecule has 0 aliphatic heterocycles. The van der Waals surface area contributed by atoms with Crippen molar-refractivity contribution in [3.63, 3.8) is 0 Å². The Morgan fingerprint density at radius 1 is 1.25 bits per heavy atom. The van der Waals surface area contributed by atoms with E-state index in [1.54, 1.807) is 0 Å². The van der Waals surface area contributed by atoms with E-state index in [9.17, 15) is 4.79 Å². The Morgan fingerprint density at radius 3 is 2.75 bits per heavy atom. The number of rotatable bonds is 11. The number of halogens is 1. The predicted molar refractivity (Wildman–Crippen MR) is 128 cm³/mol. The van der Waals surface area contributed by atoms with Gasteiger partial charge >= 0.3 is 5.97 Å². The van der Waals surface area contributed by atoms with Crippen LogP contribution in [0.5, 0.6) is 5.75 Å². The predicted octanol–water partition coefficient (Wildman–Crippen LogP) is 5.14. The summed E-state index contributed by atoms with van der Waals surface area (Å²) in [4.78, 5) is 12.6. The summed E-state index contributed by atoms with van der Waals surface area (Å²) in [7, 11) is 1.92. The fourth-order valence-electron chi connectivity index (χ4n) is 3.82. The van der Waals surface area contributed by atoms with Gasteiger partial charge in [0.15, 0.2) is 0 Å². The minimum Gasteiger partial charge on any atom is -0.489 e. The molecule has 0 unspecified atom stereocenters. The number of ether oxygens (including phenoxy) is 2. The Hall–Kier alpha value is -2.52. The number of benzene rings is 2. The van der Waals surface area contributed by atoms with E-state index < -0.39 is 5.97 Å². The van der Waals surface area contributed by atoms with Crippen molar-refractivity contribution in [1.29, 1.82) is 0 Å². The lowest BCUT2D eigenvalue weighted by Gasteiger charge is -2.18. The van der Waals surface area contributed by atoms with Crippen LogP contribution in [0.25, 0.3) is 0 Å². The Bertz CT molecular complexity index is 912. The molecule has 0 bridgehead atoms. The zero-order chi connectivity index (χ0) is 23.5. The monoisotopic (exact) mass is 457 g/mol. The number of fused-ring (bicyclic) bond motifs is 1. The first kappa shape index (κ1) is 25.7. The molecule has 0 spiro atoms. The number of aryl methyl sites for hydroxylation is 2. The van der Waals surface area contributed by atoms with Crippen molar-refractivity contribution >= 4 is 17.6 Å². The molecule has 0 aromatic heterocycles. The maximum absolute atomic E-state index is 10.7. The van der Waals surface area contributed by atoms with Gasteiger partial charge in [-0.3, -0.25) is 4.79 Å². The van der Waals surface area contributed by atoms with Gasteiger partial charge in [-0.25, -0.2) is 0 Å². The van der Waals surface area contributed by atoms with Gasteiger partial charge in [-0.2, -0.15) is 0 Å². The zero-order valence-corrected chi connectivity index (χ0v) is 19.6. The van der Waals surface area contributed by atoms with Crippen LogP contribution in [-0.4, -0.2) is 42.7 Å². The number of hydrogen-bond donors (Lipinski definition) is 1. The number of carbonyl (C=O) groups is 1. The molecule has 3 rings (SSSR count). The van der Waals surface area contributed by atoms with Crippen LogP contribution < -0.4 is 4.74 Å². The lowest BCUT2D eigenvalue weighted by atomic mass is 10.1. The van der Waals surface area contributed by atoms with Crippen LogP contribution in [0.1, 0.15) is 48.1 Å². The minimum atomic E-state index is -0.772. The van der Waals surface area contributed by atoms with Gasteiger partial charge in [0.25, 0.3) is 0 Å². The second-order valence-corrected chi connectivity index (χ2v) is 8.13. The summed E-state index contributed by atoms with van der Waals surface area (Å²) in [5.41, 5.74) is 4.76. The summed E-state index contributed by atoms with van der Waals surface area (Å²) < 4.78 is 12.1. The van der Waals surface area contributed by atoms with Gasteiger partial charge in [-0.1, -0.05) is 36.7 Å². The standard InChI is InChI=1S/C24H30ClNO4.C2H2/c1-3-17-5-4-6-22(25)21(17)16-30-19-8-9-20-18(15-19)7-10-23(20)29-14-13-26(2)12-11-24(27)28;1-2/h4-6,8-9,15,23H,3,7,10-14,16H2,1-2H3,(H,27,28);1-2H/t23-;/m0./s1. The third-order valence-corrected chi connectivity index (χ3v) is 5.97. The van der Waals surface area contributed by atoms with Crippen LogP contribution in [0, 0.1) is 12.8 Å². The van der Waals surface area contributed by atoms with Gasteiger partial charge < -0.3 is 19.5 Å². The number of carboxylic acid groups (broad SMARTS) is 1. The zero-order valence-electron chi connectivity index (χ0n) is 18.9. The molecule has 0 fully saturated rings. The third-order valence-electron chi connectivity index (χ3n) is 5.62. The molecule has 1 atom stereocenters. The van der Waals surface area contributed by atoms with Crippen LogP contribution in [-0.2, 0) is 29.0 Å². The highest BCUT2D eigenvalue weighted by molar-refractivity contribution is 6.31. The summed E-state index contributed by atoms with van der Waals surface area (Å²) in [5, 5.41) is 9.51. The van der Waals surface area contributed by atoms with Crippen molar-refractivity contribution < 1.29 is 19.4 Å². The number of likely N-dealkylation sites (N-methyl/N-ethyl adjacent to an activating group) is 1. The molecule has 6 heteroatoms. The van der Waals surface area contributed by atoms with E-state index in [1.165, 1.54) is 16.7 Å². The molecule has 1 N–H and O–H groups in total. The number of aliphatic carboxylic acids is 1. The molecule has 32 heavy (non-hydrogen) atoms. The minimum absolute atomic E-state index is 0.0946. The first-order valence-electron chi connectivity index (χ1n) is 10.8. The Kier molecular flexibility index (Phi) is 10.6. The molecule has 0 saturated heterocycles. The Labute approximate surface area is 196 Å². The summed E-state index contributed by atoms with van der Waals surface area (Å²) >= 11 is 6.36. The van der Waals surface area contributed by atoms with E-state index >= 15 is 0 Å². The van der Waals surface area contributed by atoms with Crippen LogP contribution in [0.15, 0.2) is 36.4 Å². The maximum atomic E-state index is 10.7. The molecule has 2 aromatic rings. The highest BCUT2D eigenvalue weighted by Crippen LogP contribution is 2.36. The fourth-order valence-corrected chi connectivity index (χ4v) is 4.07. The van der Waals surface area contributed by atoms with Crippen molar-refractivity contribution in [2.24, 2.45) is 0 Å². The first-order valence-corrected chi connectivity index (χ1v) is 11.2. The fraction of sp³-hybridized carbons (Fsp3) is 0.423. The normalized spacial score (nSPS) is 14.5. The van der Waals surface area contributed by atoms with Crippen molar-refractivity contribution in [2.45, 2.75) is 45.3 Å². The van der Waals surface area contributed by atoms with Crippen LogP contribution in [0.3, 0.4) is 0 Å². The number of terminal acetylenes is 1. The van der Waals surface area contributed by atoms with E-state index in [2.05, 4.69) is 38.0 Å². The van der Waals surface area contributed by atoms with E-state index in [0.29, 0.717) is 19.8 Å². The highest BCUT2D eigenvalue weighted by atomic mass is 35.5. The van der Waals surface area contributed by atoms with E-state index in [4.69, 9.17) is 26.2 Å². The molecule has 2 aromatic carbocycles. The van der Waals surface area contributed by atoms with Crippen LogP contribution >= 0.6 is 11.6 Å². The Morgan fingerprint density at radius 2 is 2.03 bits per heavy atom. The van der Waals surface area contributed by atoms with Gasteiger partial charge in [0, 0.05) is 23.7 Å². The SMILES string of the molecule is C#C.CCc1cccc(Cl)c1COc1ccc2c(c1)CC[C@@H]2OCCN(C)CCC(=O)O. The second-order valence-electron chi connectivity index (χ2n) is 7.73. The van der Waals surface area contributed by atoms with E-state index in [1.807, 2.05) is 30.1 Å². The molecule has 5 nitrogen and oxygen atoms in total. The lowest BCUT2D eigenvalue weighted by Crippen LogP contribution is -2.26. The average molecular weight is 458 g/mol. The van der Waals surface area contributed by atoms with Crippen molar-refractivity contribution in [3.05, 3.63) is 63.7 Å². The van der Waals surface area contributed by atoms with Gasteiger partial charge in [0.2, 0.25) is 0 Å². The molecule has 0 amide bonds. The molecule has 0 heterocycles. The van der Waals surface area contributed by atoms with Gasteiger partial charge in [-0.15, -0.1) is 12.8 Å². The first-order chi connectivity index (χ1) is 15.5. The molecular weight excluding hydrogens is 426 g/mol. The topological polar surface area (TPSA) is 59.0 Å². The molecular formula is C26H32ClNO4. The summed E-state index contributed by atoms with van der Waals surface area (Å²) in [6.07, 6.45) is 11.1. The number of carboxylic acids is 1. The maximum Gasteiger partial charge on any atom is 0.304 e. The molecule has 1 aliphatic carbocycles. The molecule has 1 aliphatic rings. The number of nitrogens with zero attached hydrogens (tertiary/aromatic N) is 1. The van der Waals surface area contributed by atoms with Crippen molar-refractivity contribution in [3.8, 4) is 18.6 Å². The van der Waals surface area contributed by atoms with Crippen molar-refractivity contribution in [1.82, 2.24) is 4.90 Å².